The van der Waals surface area contributed by atoms with Crippen LogP contribution < -0.4 is 4.31 Å². The van der Waals surface area contributed by atoms with E-state index in [0.717, 1.165) is 9.37 Å². The number of hydrogen-bond acceptors (Lipinski definition) is 4. The van der Waals surface area contributed by atoms with Gasteiger partial charge in [0.1, 0.15) is 0 Å². The van der Waals surface area contributed by atoms with E-state index in [1.165, 1.54) is 4.31 Å². The van der Waals surface area contributed by atoms with Gasteiger partial charge in [0.15, 0.2) is 0 Å². The number of nitrogens with zero attached hydrogens (tertiary/aromatic N) is 1. The first-order valence-corrected chi connectivity index (χ1v) is 8.93. The van der Waals surface area contributed by atoms with Gasteiger partial charge in [-0.05, 0) is 18.2 Å². The Morgan fingerprint density at radius 3 is 2.89 bits per heavy atom. The summed E-state index contributed by atoms with van der Waals surface area (Å²) in [6, 6.07) is 5.47. The third kappa shape index (κ3) is 3.43. The molecule has 0 aliphatic carbocycles. The summed E-state index contributed by atoms with van der Waals surface area (Å²) in [4.78, 5) is 11.4. The first kappa shape index (κ1) is 14.7. The average molecular weight is 366 g/mol. The fourth-order valence-corrected chi connectivity index (χ4v) is 4.75. The summed E-state index contributed by atoms with van der Waals surface area (Å²) in [5.74, 6) is -0.815. The lowest BCUT2D eigenvalue weighted by molar-refractivity contribution is -0.136. The molecule has 1 aliphatic heterocycles. The van der Waals surface area contributed by atoms with Crippen molar-refractivity contribution in [1.29, 1.82) is 0 Å². The zero-order valence-corrected chi connectivity index (χ0v) is 13.1. The van der Waals surface area contributed by atoms with Crippen LogP contribution in [-0.4, -0.2) is 37.5 Å². The molecule has 1 aromatic rings. The van der Waals surface area contributed by atoms with E-state index in [4.69, 9.17) is 5.11 Å². The molecule has 0 amide bonds. The van der Waals surface area contributed by atoms with E-state index in [1.807, 2.05) is 12.1 Å². The second-order valence-corrected chi connectivity index (χ2v) is 8.06. The monoisotopic (exact) mass is 365 g/mol. The van der Waals surface area contributed by atoms with E-state index < -0.39 is 16.0 Å². The number of aliphatic carboxylic acids is 1. The minimum absolute atomic E-state index is 0.371. The van der Waals surface area contributed by atoms with Gasteiger partial charge in [-0.25, -0.2) is 8.42 Å². The third-order valence-corrected chi connectivity index (χ3v) is 5.96. The lowest BCUT2D eigenvalue weighted by Crippen LogP contribution is -2.37. The molecule has 0 unspecified atom stereocenters. The lowest BCUT2D eigenvalue weighted by atomic mass is 10.3. The Bertz CT molecular complexity index is 603. The van der Waals surface area contributed by atoms with E-state index in [2.05, 4.69) is 15.9 Å². The van der Waals surface area contributed by atoms with Crippen molar-refractivity contribution in [3.8, 4) is 0 Å². The normalized spacial score (nSPS) is 15.1. The van der Waals surface area contributed by atoms with Crippen molar-refractivity contribution < 1.29 is 18.3 Å². The number of benzene rings is 1. The Morgan fingerprint density at radius 1 is 1.47 bits per heavy atom. The van der Waals surface area contributed by atoms with Gasteiger partial charge in [0, 0.05) is 21.7 Å². The van der Waals surface area contributed by atoms with E-state index in [1.54, 1.807) is 17.8 Å². The van der Waals surface area contributed by atoms with Gasteiger partial charge in [-0.1, -0.05) is 15.9 Å². The van der Waals surface area contributed by atoms with Crippen LogP contribution in [0.5, 0.6) is 0 Å². The first-order chi connectivity index (χ1) is 8.90. The largest absolute Gasteiger partial charge is 0.481 e. The van der Waals surface area contributed by atoms with Crippen molar-refractivity contribution in [2.24, 2.45) is 0 Å². The van der Waals surface area contributed by atoms with E-state index >= 15 is 0 Å². The maximum atomic E-state index is 12.2. The van der Waals surface area contributed by atoms with Crippen LogP contribution in [-0.2, 0) is 14.8 Å². The molecular formula is C11H12BrNO4S2. The topological polar surface area (TPSA) is 74.7 Å². The standard InChI is InChI=1S/C11H12BrNO4S2/c12-8-1-2-10-9(7-8)13(4-5-18-10)19(16,17)6-3-11(14)15/h1-2,7H,3-6H2,(H,14,15). The number of carbonyl (C=O) groups is 1. The van der Waals surface area contributed by atoms with Gasteiger partial charge < -0.3 is 5.11 Å². The molecule has 0 radical (unpaired) electrons. The van der Waals surface area contributed by atoms with Crippen molar-refractivity contribution >= 4 is 49.4 Å². The van der Waals surface area contributed by atoms with E-state index in [-0.39, 0.29) is 12.2 Å². The van der Waals surface area contributed by atoms with Crippen LogP contribution in [0.4, 0.5) is 5.69 Å². The molecule has 1 aromatic carbocycles. The minimum Gasteiger partial charge on any atom is -0.481 e. The van der Waals surface area contributed by atoms with Crippen LogP contribution >= 0.6 is 27.7 Å². The molecule has 0 saturated carbocycles. The number of fused-ring (bicyclic) bond motifs is 1. The second-order valence-electron chi connectivity index (χ2n) is 3.99. The minimum atomic E-state index is -3.59. The molecular weight excluding hydrogens is 354 g/mol. The van der Waals surface area contributed by atoms with Crippen LogP contribution in [0.1, 0.15) is 6.42 Å². The number of thioether (sulfide) groups is 1. The molecule has 0 fully saturated rings. The average Bonchev–Trinajstić information content (AvgIpc) is 2.35. The van der Waals surface area contributed by atoms with Gasteiger partial charge in [-0.3, -0.25) is 9.10 Å². The number of rotatable bonds is 4. The highest BCUT2D eigenvalue weighted by Gasteiger charge is 2.28. The molecule has 0 bridgehead atoms. The first-order valence-electron chi connectivity index (χ1n) is 5.55. The molecule has 1 heterocycles. The van der Waals surface area contributed by atoms with Gasteiger partial charge in [0.2, 0.25) is 10.0 Å². The van der Waals surface area contributed by atoms with Gasteiger partial charge in [-0.2, -0.15) is 0 Å². The van der Waals surface area contributed by atoms with E-state index in [9.17, 15) is 13.2 Å². The van der Waals surface area contributed by atoms with Crippen molar-refractivity contribution in [2.75, 3.05) is 22.4 Å². The van der Waals surface area contributed by atoms with Gasteiger partial charge in [-0.15, -0.1) is 11.8 Å². The fraction of sp³-hybridized carbons (Fsp3) is 0.364. The Hall–Kier alpha value is -0.730. The quantitative estimate of drug-likeness (QED) is 0.884. The number of halogens is 1. The summed E-state index contributed by atoms with van der Waals surface area (Å²) in [6.45, 7) is 0.371. The predicted octanol–water partition coefficient (Wildman–Crippen LogP) is 2.17. The lowest BCUT2D eigenvalue weighted by Gasteiger charge is -2.30. The van der Waals surface area contributed by atoms with Gasteiger partial charge in [0.25, 0.3) is 0 Å². The summed E-state index contributed by atoms with van der Waals surface area (Å²) in [7, 11) is -3.59. The molecule has 104 valence electrons. The zero-order chi connectivity index (χ0) is 14.0. The van der Waals surface area contributed by atoms with Crippen LogP contribution in [0, 0.1) is 0 Å². The molecule has 8 heteroatoms. The van der Waals surface area contributed by atoms with Crippen LogP contribution in [0.15, 0.2) is 27.6 Å². The summed E-state index contributed by atoms with van der Waals surface area (Å²) >= 11 is 4.92. The Kier molecular flexibility index (Phi) is 4.42. The highest BCUT2D eigenvalue weighted by Crippen LogP contribution is 2.38. The fourth-order valence-electron chi connectivity index (χ4n) is 1.78. The van der Waals surface area contributed by atoms with Crippen LogP contribution in [0.2, 0.25) is 0 Å². The highest BCUT2D eigenvalue weighted by atomic mass is 79.9. The summed E-state index contributed by atoms with van der Waals surface area (Å²) < 4.78 is 26.5. The molecule has 0 atom stereocenters. The molecule has 0 spiro atoms. The van der Waals surface area contributed by atoms with Crippen molar-refractivity contribution in [1.82, 2.24) is 0 Å². The van der Waals surface area contributed by atoms with Gasteiger partial charge in [0.05, 0.1) is 17.9 Å². The number of carboxylic acids is 1. The summed E-state index contributed by atoms with van der Waals surface area (Å²) in [6.07, 6.45) is -0.380. The van der Waals surface area contributed by atoms with Crippen LogP contribution in [0.25, 0.3) is 0 Å². The molecule has 19 heavy (non-hydrogen) atoms. The molecule has 2 rings (SSSR count). The Labute approximate surface area is 124 Å². The zero-order valence-electron chi connectivity index (χ0n) is 9.87. The molecule has 0 saturated heterocycles. The Balaban J connectivity index is 2.32. The second kappa shape index (κ2) is 5.72. The number of carboxylic acid groups (broad SMARTS) is 1. The van der Waals surface area contributed by atoms with Crippen molar-refractivity contribution in [3.05, 3.63) is 22.7 Å². The predicted molar refractivity (Wildman–Crippen MR) is 78.3 cm³/mol. The summed E-state index contributed by atoms with van der Waals surface area (Å²) in [5.41, 5.74) is 0.621. The number of anilines is 1. The SMILES string of the molecule is O=C(O)CCS(=O)(=O)N1CCSc2ccc(Br)cc21. The maximum absolute atomic E-state index is 12.2. The van der Waals surface area contributed by atoms with E-state index in [0.29, 0.717) is 18.0 Å². The Morgan fingerprint density at radius 2 is 2.21 bits per heavy atom. The van der Waals surface area contributed by atoms with Crippen LogP contribution in [0.3, 0.4) is 0 Å². The van der Waals surface area contributed by atoms with Crippen molar-refractivity contribution in [2.45, 2.75) is 11.3 Å². The molecule has 5 nitrogen and oxygen atoms in total. The number of hydrogen-bond donors (Lipinski definition) is 1. The number of sulfonamides is 1. The maximum Gasteiger partial charge on any atom is 0.304 e. The van der Waals surface area contributed by atoms with Crippen molar-refractivity contribution in [3.63, 3.8) is 0 Å². The highest BCUT2D eigenvalue weighted by molar-refractivity contribution is 9.10. The summed E-state index contributed by atoms with van der Waals surface area (Å²) in [5, 5.41) is 8.62. The third-order valence-electron chi connectivity index (χ3n) is 2.65. The van der Waals surface area contributed by atoms with Gasteiger partial charge >= 0.3 is 5.97 Å². The molecule has 1 aliphatic rings. The molecule has 0 aromatic heterocycles. The molecule has 1 N–H and O–H groups in total. The smallest absolute Gasteiger partial charge is 0.304 e.